The van der Waals surface area contributed by atoms with Gasteiger partial charge in [-0.1, -0.05) is 20.8 Å². The number of hydrogen-bond acceptors (Lipinski definition) is 1. The van der Waals surface area contributed by atoms with E-state index in [1.54, 1.807) is 0 Å². The molecule has 0 N–H and O–H groups in total. The summed E-state index contributed by atoms with van der Waals surface area (Å²) >= 11 is 5.82. The van der Waals surface area contributed by atoms with Crippen LogP contribution in [-0.4, -0.2) is 29.8 Å². The second-order valence-corrected chi connectivity index (χ2v) is 5.26. The molecule has 1 saturated heterocycles. The van der Waals surface area contributed by atoms with Gasteiger partial charge in [-0.05, 0) is 24.7 Å². The van der Waals surface area contributed by atoms with Crippen molar-refractivity contribution in [2.45, 2.75) is 33.6 Å². The third kappa shape index (κ3) is 3.37. The number of hydrogen-bond donors (Lipinski definition) is 0. The summed E-state index contributed by atoms with van der Waals surface area (Å²) < 4.78 is 0. The number of carbonyl (C=O) groups excluding carboxylic acids is 1. The number of amides is 1. The molecule has 2 nitrogen and oxygen atoms in total. The maximum atomic E-state index is 12.0. The predicted octanol–water partition coefficient (Wildman–Crippen LogP) is 2.76. The number of nitrogens with zero attached hydrogens (tertiary/aromatic N) is 1. The highest BCUT2D eigenvalue weighted by atomic mass is 35.5. The number of rotatable bonds is 3. The first-order valence-electron chi connectivity index (χ1n) is 5.91. The van der Waals surface area contributed by atoms with Gasteiger partial charge in [0.2, 0.25) is 5.91 Å². The molecule has 1 aliphatic rings. The average molecular weight is 232 g/mol. The Hall–Kier alpha value is -0.240. The molecule has 0 aromatic carbocycles. The van der Waals surface area contributed by atoms with Crippen molar-refractivity contribution in [1.82, 2.24) is 4.90 Å². The Bertz CT molecular complexity index is 210. The van der Waals surface area contributed by atoms with Gasteiger partial charge >= 0.3 is 0 Å². The van der Waals surface area contributed by atoms with Crippen LogP contribution >= 0.6 is 11.6 Å². The molecule has 0 bridgehead atoms. The maximum absolute atomic E-state index is 12.0. The molecule has 1 rings (SSSR count). The molecule has 1 fully saturated rings. The van der Waals surface area contributed by atoms with E-state index in [4.69, 9.17) is 11.6 Å². The summed E-state index contributed by atoms with van der Waals surface area (Å²) in [5.41, 5.74) is 0. The lowest BCUT2D eigenvalue weighted by atomic mass is 9.93. The van der Waals surface area contributed by atoms with E-state index >= 15 is 0 Å². The van der Waals surface area contributed by atoms with Crippen LogP contribution in [0.4, 0.5) is 0 Å². The monoisotopic (exact) mass is 231 g/mol. The van der Waals surface area contributed by atoms with Crippen molar-refractivity contribution in [3.05, 3.63) is 0 Å². The zero-order valence-corrected chi connectivity index (χ0v) is 10.8. The van der Waals surface area contributed by atoms with Gasteiger partial charge in [0.1, 0.15) is 0 Å². The molecule has 0 saturated carbocycles. The van der Waals surface area contributed by atoms with Gasteiger partial charge in [0, 0.05) is 24.9 Å². The van der Waals surface area contributed by atoms with Crippen LogP contribution in [-0.2, 0) is 4.79 Å². The van der Waals surface area contributed by atoms with Crippen molar-refractivity contribution in [3.8, 4) is 0 Å². The van der Waals surface area contributed by atoms with E-state index in [0.29, 0.717) is 17.7 Å². The van der Waals surface area contributed by atoms with Gasteiger partial charge in [0.25, 0.3) is 0 Å². The van der Waals surface area contributed by atoms with Crippen LogP contribution in [0.5, 0.6) is 0 Å². The Kier molecular flexibility index (Phi) is 4.91. The fourth-order valence-electron chi connectivity index (χ4n) is 1.88. The smallest absolute Gasteiger partial charge is 0.225 e. The SMILES string of the molecule is CC(C)C(C)C(=O)N1CCC(CCl)CC1. The van der Waals surface area contributed by atoms with Crippen molar-refractivity contribution in [3.63, 3.8) is 0 Å². The summed E-state index contributed by atoms with van der Waals surface area (Å²) in [6.45, 7) is 8.03. The first-order valence-corrected chi connectivity index (χ1v) is 6.44. The zero-order valence-electron chi connectivity index (χ0n) is 10.0. The Morgan fingerprint density at radius 1 is 1.33 bits per heavy atom. The largest absolute Gasteiger partial charge is 0.342 e. The maximum Gasteiger partial charge on any atom is 0.225 e. The zero-order chi connectivity index (χ0) is 11.4. The lowest BCUT2D eigenvalue weighted by molar-refractivity contribution is -0.137. The van der Waals surface area contributed by atoms with E-state index in [2.05, 4.69) is 13.8 Å². The average Bonchev–Trinajstić information content (AvgIpc) is 2.27. The lowest BCUT2D eigenvalue weighted by Crippen LogP contribution is -2.42. The fourth-order valence-corrected chi connectivity index (χ4v) is 2.19. The highest BCUT2D eigenvalue weighted by Gasteiger charge is 2.26. The second kappa shape index (κ2) is 5.74. The Morgan fingerprint density at radius 2 is 1.87 bits per heavy atom. The van der Waals surface area contributed by atoms with Crippen LogP contribution in [0.1, 0.15) is 33.6 Å². The Labute approximate surface area is 98.0 Å². The highest BCUT2D eigenvalue weighted by molar-refractivity contribution is 6.18. The molecule has 1 aliphatic heterocycles. The number of carbonyl (C=O) groups is 1. The van der Waals surface area contributed by atoms with E-state index in [9.17, 15) is 4.79 Å². The van der Waals surface area contributed by atoms with Crippen LogP contribution in [0.3, 0.4) is 0 Å². The Balaban J connectivity index is 2.42. The van der Waals surface area contributed by atoms with E-state index in [-0.39, 0.29) is 5.92 Å². The quantitative estimate of drug-likeness (QED) is 0.684. The summed E-state index contributed by atoms with van der Waals surface area (Å²) in [5.74, 6) is 2.26. The minimum Gasteiger partial charge on any atom is -0.342 e. The van der Waals surface area contributed by atoms with Crippen molar-refractivity contribution < 1.29 is 4.79 Å². The van der Waals surface area contributed by atoms with Crippen molar-refractivity contribution in [2.75, 3.05) is 19.0 Å². The van der Waals surface area contributed by atoms with Gasteiger partial charge in [-0.15, -0.1) is 11.6 Å². The molecule has 3 heteroatoms. The van der Waals surface area contributed by atoms with Crippen molar-refractivity contribution in [1.29, 1.82) is 0 Å². The summed E-state index contributed by atoms with van der Waals surface area (Å²) in [6, 6.07) is 0. The predicted molar refractivity (Wildman–Crippen MR) is 64.0 cm³/mol. The first kappa shape index (κ1) is 12.8. The number of halogens is 1. The van der Waals surface area contributed by atoms with Crippen molar-refractivity contribution >= 4 is 17.5 Å². The van der Waals surface area contributed by atoms with Crippen LogP contribution in [0.2, 0.25) is 0 Å². The molecule has 0 aromatic heterocycles. The molecule has 0 radical (unpaired) electrons. The standard InChI is InChI=1S/C12H22ClNO/c1-9(2)10(3)12(15)14-6-4-11(8-13)5-7-14/h9-11H,4-8H2,1-3H3. The van der Waals surface area contributed by atoms with Gasteiger partial charge in [0.15, 0.2) is 0 Å². The van der Waals surface area contributed by atoms with Gasteiger partial charge in [-0.25, -0.2) is 0 Å². The normalized spacial score (nSPS) is 20.7. The molecular formula is C12H22ClNO. The molecule has 1 amide bonds. The molecule has 0 spiro atoms. The number of likely N-dealkylation sites (tertiary alicyclic amines) is 1. The fraction of sp³-hybridized carbons (Fsp3) is 0.917. The van der Waals surface area contributed by atoms with E-state index in [1.807, 2.05) is 11.8 Å². The first-order chi connectivity index (χ1) is 7.06. The minimum absolute atomic E-state index is 0.151. The third-order valence-corrected chi connectivity index (χ3v) is 3.97. The second-order valence-electron chi connectivity index (χ2n) is 4.96. The van der Waals surface area contributed by atoms with Crippen LogP contribution < -0.4 is 0 Å². The van der Waals surface area contributed by atoms with E-state index < -0.39 is 0 Å². The molecular weight excluding hydrogens is 210 g/mol. The van der Waals surface area contributed by atoms with Gasteiger partial charge in [0.05, 0.1) is 0 Å². The molecule has 0 aromatic rings. The van der Waals surface area contributed by atoms with Crippen LogP contribution in [0, 0.1) is 17.8 Å². The summed E-state index contributed by atoms with van der Waals surface area (Å²) in [4.78, 5) is 14.0. The molecule has 1 unspecified atom stereocenters. The number of piperidine rings is 1. The van der Waals surface area contributed by atoms with Gasteiger partial charge in [-0.2, -0.15) is 0 Å². The highest BCUT2D eigenvalue weighted by Crippen LogP contribution is 2.21. The molecule has 88 valence electrons. The Morgan fingerprint density at radius 3 is 2.27 bits per heavy atom. The molecule has 1 heterocycles. The third-order valence-electron chi connectivity index (χ3n) is 3.53. The topological polar surface area (TPSA) is 20.3 Å². The minimum atomic E-state index is 0.151. The van der Waals surface area contributed by atoms with Crippen LogP contribution in [0.15, 0.2) is 0 Å². The lowest BCUT2D eigenvalue weighted by Gasteiger charge is -2.33. The van der Waals surface area contributed by atoms with Crippen molar-refractivity contribution in [2.24, 2.45) is 17.8 Å². The van der Waals surface area contributed by atoms with Crippen LogP contribution in [0.25, 0.3) is 0 Å². The van der Waals surface area contributed by atoms with Gasteiger partial charge in [-0.3, -0.25) is 4.79 Å². The molecule has 1 atom stereocenters. The summed E-state index contributed by atoms with van der Waals surface area (Å²) in [6.07, 6.45) is 2.14. The molecule has 0 aliphatic carbocycles. The van der Waals surface area contributed by atoms with E-state index in [0.717, 1.165) is 31.8 Å². The molecule has 15 heavy (non-hydrogen) atoms. The van der Waals surface area contributed by atoms with Gasteiger partial charge < -0.3 is 4.90 Å². The summed E-state index contributed by atoms with van der Waals surface area (Å²) in [5, 5.41) is 0. The number of alkyl halides is 1. The summed E-state index contributed by atoms with van der Waals surface area (Å²) in [7, 11) is 0. The van der Waals surface area contributed by atoms with E-state index in [1.165, 1.54) is 0 Å².